The molecule has 1 N–H and O–H groups in total. The molecule has 0 unspecified atom stereocenters. The molecule has 32 heavy (non-hydrogen) atoms. The second-order valence-corrected chi connectivity index (χ2v) is 9.49. The van der Waals surface area contributed by atoms with Crippen LogP contribution in [0.2, 0.25) is 0 Å². The molecule has 1 aliphatic heterocycles. The molecule has 3 aromatic rings. The van der Waals surface area contributed by atoms with E-state index in [-0.39, 0.29) is 17.9 Å². The van der Waals surface area contributed by atoms with Crippen LogP contribution in [0.5, 0.6) is 0 Å². The number of hydrogen-bond donors (Lipinski definition) is 1. The van der Waals surface area contributed by atoms with Crippen molar-refractivity contribution in [2.45, 2.75) is 70.1 Å². The molecule has 5 rings (SSSR count). The Balaban J connectivity index is 1.53. The number of benzene rings is 2. The summed E-state index contributed by atoms with van der Waals surface area (Å²) in [6.07, 6.45) is 6.82. The number of amides is 2. The minimum Gasteiger partial charge on any atom is -0.351 e. The Hall–Kier alpha value is -3.08. The zero-order chi connectivity index (χ0) is 22.1. The fourth-order valence-electron chi connectivity index (χ4n) is 5.28. The largest absolute Gasteiger partial charge is 0.351 e. The van der Waals surface area contributed by atoms with Gasteiger partial charge in [0.25, 0.3) is 5.91 Å². The van der Waals surface area contributed by atoms with Crippen molar-refractivity contribution in [3.05, 3.63) is 71.9 Å². The third kappa shape index (κ3) is 3.70. The molecule has 1 aromatic heterocycles. The second kappa shape index (κ2) is 8.45. The lowest BCUT2D eigenvalue weighted by Crippen LogP contribution is -2.64. The number of aromatic nitrogens is 1. The number of carbonyl (C=O) groups is 2. The molecule has 5 heteroatoms. The summed E-state index contributed by atoms with van der Waals surface area (Å²) in [6.45, 7) is 2.79. The van der Waals surface area contributed by atoms with Gasteiger partial charge in [-0.05, 0) is 37.5 Å². The molecule has 2 amide bonds. The molecule has 0 bridgehead atoms. The lowest BCUT2D eigenvalue weighted by atomic mass is 9.93. The normalized spacial score (nSPS) is 21.9. The van der Waals surface area contributed by atoms with Crippen LogP contribution in [0.25, 0.3) is 10.9 Å². The Morgan fingerprint density at radius 3 is 2.44 bits per heavy atom. The highest BCUT2D eigenvalue weighted by molar-refractivity contribution is 6.03. The number of fused-ring (bicyclic) bond motifs is 3. The van der Waals surface area contributed by atoms with Crippen molar-refractivity contribution < 1.29 is 9.59 Å². The SMILES string of the molecule is C[C@]1(C(=O)NC2CCCCCC2)Cn2c(cc3ccccc32)C(=O)N1Cc1ccccc1. The van der Waals surface area contributed by atoms with Crippen LogP contribution in [0.1, 0.15) is 61.5 Å². The summed E-state index contributed by atoms with van der Waals surface area (Å²) in [5, 5.41) is 4.36. The number of carbonyl (C=O) groups excluding carboxylic acids is 2. The quantitative estimate of drug-likeness (QED) is 0.600. The molecule has 166 valence electrons. The Morgan fingerprint density at radius 2 is 1.69 bits per heavy atom. The van der Waals surface area contributed by atoms with E-state index in [0.29, 0.717) is 18.8 Å². The lowest BCUT2D eigenvalue weighted by Gasteiger charge is -2.44. The van der Waals surface area contributed by atoms with E-state index in [1.807, 2.05) is 72.2 Å². The van der Waals surface area contributed by atoms with Crippen LogP contribution >= 0.6 is 0 Å². The number of para-hydroxylation sites is 1. The van der Waals surface area contributed by atoms with Gasteiger partial charge in [0.2, 0.25) is 5.91 Å². The number of nitrogens with one attached hydrogen (secondary N) is 1. The predicted molar refractivity (Wildman–Crippen MR) is 126 cm³/mol. The van der Waals surface area contributed by atoms with Crippen molar-refractivity contribution in [2.24, 2.45) is 0 Å². The van der Waals surface area contributed by atoms with Gasteiger partial charge in [0.15, 0.2) is 0 Å². The summed E-state index contributed by atoms with van der Waals surface area (Å²) < 4.78 is 2.03. The molecule has 0 saturated heterocycles. The molecule has 0 radical (unpaired) electrons. The van der Waals surface area contributed by atoms with Gasteiger partial charge in [-0.3, -0.25) is 9.59 Å². The van der Waals surface area contributed by atoms with Gasteiger partial charge in [-0.15, -0.1) is 0 Å². The molecule has 0 spiro atoms. The first kappa shape index (κ1) is 20.8. The summed E-state index contributed by atoms with van der Waals surface area (Å²) in [5.74, 6) is -0.132. The second-order valence-electron chi connectivity index (χ2n) is 9.49. The van der Waals surface area contributed by atoms with E-state index in [4.69, 9.17) is 0 Å². The van der Waals surface area contributed by atoms with Gasteiger partial charge in [-0.1, -0.05) is 74.2 Å². The Bertz CT molecular complexity index is 1130. The average molecular weight is 430 g/mol. The summed E-state index contributed by atoms with van der Waals surface area (Å²) in [6, 6.07) is 20.1. The van der Waals surface area contributed by atoms with Gasteiger partial charge in [0, 0.05) is 23.5 Å². The van der Waals surface area contributed by atoms with E-state index in [0.717, 1.165) is 42.1 Å². The molecule has 1 atom stereocenters. The number of rotatable bonds is 4. The average Bonchev–Trinajstić information content (AvgIpc) is 2.98. The van der Waals surface area contributed by atoms with Crippen LogP contribution < -0.4 is 5.32 Å². The maximum absolute atomic E-state index is 13.8. The first-order valence-corrected chi connectivity index (χ1v) is 11.8. The molecule has 5 nitrogen and oxygen atoms in total. The molecule has 1 aliphatic carbocycles. The maximum atomic E-state index is 13.8. The molecular formula is C27H31N3O2. The highest BCUT2D eigenvalue weighted by Gasteiger charge is 2.48. The Labute approximate surface area is 189 Å². The number of nitrogens with zero attached hydrogens (tertiary/aromatic N) is 2. The zero-order valence-corrected chi connectivity index (χ0v) is 18.7. The van der Waals surface area contributed by atoms with E-state index < -0.39 is 5.54 Å². The lowest BCUT2D eigenvalue weighted by molar-refractivity contribution is -0.134. The highest BCUT2D eigenvalue weighted by atomic mass is 16.2. The van der Waals surface area contributed by atoms with Crippen molar-refractivity contribution in [3.8, 4) is 0 Å². The van der Waals surface area contributed by atoms with Crippen LogP contribution in [0.3, 0.4) is 0 Å². The molecular weight excluding hydrogens is 398 g/mol. The number of hydrogen-bond acceptors (Lipinski definition) is 2. The van der Waals surface area contributed by atoms with Crippen LogP contribution in [0.4, 0.5) is 0 Å². The van der Waals surface area contributed by atoms with Crippen molar-refractivity contribution >= 4 is 22.7 Å². The van der Waals surface area contributed by atoms with Crippen molar-refractivity contribution in [2.75, 3.05) is 0 Å². The van der Waals surface area contributed by atoms with E-state index in [2.05, 4.69) is 5.32 Å². The topological polar surface area (TPSA) is 54.3 Å². The summed E-state index contributed by atoms with van der Waals surface area (Å²) in [7, 11) is 0. The monoisotopic (exact) mass is 429 g/mol. The first-order valence-electron chi connectivity index (χ1n) is 11.8. The van der Waals surface area contributed by atoms with Crippen LogP contribution in [-0.4, -0.2) is 32.9 Å². The van der Waals surface area contributed by atoms with Gasteiger partial charge in [-0.25, -0.2) is 0 Å². The van der Waals surface area contributed by atoms with E-state index in [1.165, 1.54) is 12.8 Å². The van der Waals surface area contributed by atoms with Gasteiger partial charge in [0.05, 0.1) is 6.54 Å². The van der Waals surface area contributed by atoms with Crippen molar-refractivity contribution in [1.82, 2.24) is 14.8 Å². The standard InChI is InChI=1S/C27H31N3O2/c1-27(26(32)28-22-14-7-2-3-8-15-22)19-29-23-16-10-9-13-21(23)17-24(29)25(31)30(27)18-20-11-5-4-6-12-20/h4-6,9-13,16-17,22H,2-3,7-8,14-15,18-19H2,1H3,(H,28,32)/t27-/m1/s1. The van der Waals surface area contributed by atoms with Gasteiger partial charge in [0.1, 0.15) is 11.2 Å². The molecule has 1 saturated carbocycles. The Morgan fingerprint density at radius 1 is 1.00 bits per heavy atom. The highest BCUT2D eigenvalue weighted by Crippen LogP contribution is 2.34. The minimum absolute atomic E-state index is 0.0443. The fraction of sp³-hybridized carbons (Fsp3) is 0.407. The van der Waals surface area contributed by atoms with Gasteiger partial charge in [-0.2, -0.15) is 0 Å². The smallest absolute Gasteiger partial charge is 0.271 e. The predicted octanol–water partition coefficient (Wildman–Crippen LogP) is 4.90. The zero-order valence-electron chi connectivity index (χ0n) is 18.7. The van der Waals surface area contributed by atoms with E-state index in [9.17, 15) is 9.59 Å². The van der Waals surface area contributed by atoms with E-state index >= 15 is 0 Å². The minimum atomic E-state index is -0.964. The Kier molecular flexibility index (Phi) is 5.50. The molecule has 1 fully saturated rings. The van der Waals surface area contributed by atoms with E-state index in [1.54, 1.807) is 4.90 Å². The summed E-state index contributed by atoms with van der Waals surface area (Å²) in [5.41, 5.74) is 1.72. The first-order chi connectivity index (χ1) is 15.6. The molecule has 2 aromatic carbocycles. The van der Waals surface area contributed by atoms with Gasteiger partial charge < -0.3 is 14.8 Å². The van der Waals surface area contributed by atoms with Crippen LogP contribution in [0.15, 0.2) is 60.7 Å². The fourth-order valence-corrected chi connectivity index (χ4v) is 5.28. The third-order valence-electron chi connectivity index (χ3n) is 7.20. The van der Waals surface area contributed by atoms with Crippen molar-refractivity contribution in [3.63, 3.8) is 0 Å². The van der Waals surface area contributed by atoms with Crippen LogP contribution in [0, 0.1) is 0 Å². The maximum Gasteiger partial charge on any atom is 0.271 e. The summed E-state index contributed by atoms with van der Waals surface area (Å²) >= 11 is 0. The molecule has 2 aliphatic rings. The third-order valence-corrected chi connectivity index (χ3v) is 7.20. The van der Waals surface area contributed by atoms with Gasteiger partial charge >= 0.3 is 0 Å². The van der Waals surface area contributed by atoms with Crippen molar-refractivity contribution in [1.29, 1.82) is 0 Å². The summed E-state index contributed by atoms with van der Waals surface area (Å²) in [4.78, 5) is 29.4. The van der Waals surface area contributed by atoms with Crippen LogP contribution in [-0.2, 0) is 17.9 Å². The molecule has 2 heterocycles.